The molecular formula is C16H14N2S. The molecule has 1 aliphatic carbocycles. The van der Waals surface area contributed by atoms with Gasteiger partial charge in [-0.05, 0) is 34.9 Å². The first-order chi connectivity index (χ1) is 9.40. The van der Waals surface area contributed by atoms with E-state index in [1.165, 1.54) is 27.1 Å². The number of fused-ring (bicyclic) bond motifs is 2. The predicted octanol–water partition coefficient (Wildman–Crippen LogP) is 4.11. The highest BCUT2D eigenvalue weighted by Crippen LogP contribution is 2.32. The molecule has 19 heavy (non-hydrogen) atoms. The zero-order chi connectivity index (χ0) is 12.7. The van der Waals surface area contributed by atoms with Gasteiger partial charge in [-0.2, -0.15) is 0 Å². The monoisotopic (exact) mass is 266 g/mol. The van der Waals surface area contributed by atoms with Crippen molar-refractivity contribution in [1.29, 1.82) is 0 Å². The summed E-state index contributed by atoms with van der Waals surface area (Å²) in [7, 11) is 0. The molecule has 3 heteroatoms. The Bertz CT molecular complexity index is 721. The van der Waals surface area contributed by atoms with Crippen molar-refractivity contribution in [3.05, 3.63) is 53.2 Å². The van der Waals surface area contributed by atoms with E-state index in [1.54, 1.807) is 11.3 Å². The minimum atomic E-state index is 0.436. The van der Waals surface area contributed by atoms with Gasteiger partial charge in [-0.3, -0.25) is 9.98 Å². The van der Waals surface area contributed by atoms with Gasteiger partial charge in [-0.25, -0.2) is 0 Å². The molecular weight excluding hydrogens is 252 g/mol. The molecule has 0 amide bonds. The van der Waals surface area contributed by atoms with Crippen LogP contribution in [0.4, 0.5) is 0 Å². The zero-order valence-electron chi connectivity index (χ0n) is 10.5. The number of hydrogen-bond donors (Lipinski definition) is 0. The van der Waals surface area contributed by atoms with Crippen LogP contribution in [0.15, 0.2) is 52.5 Å². The molecule has 1 atom stereocenters. The van der Waals surface area contributed by atoms with Crippen molar-refractivity contribution in [3.63, 3.8) is 0 Å². The molecule has 2 aromatic rings. The SMILES string of the molecule is C1=CCC2=NCC(c3cc4ccsc4cn3)CC2=C1. The van der Waals surface area contributed by atoms with Crippen molar-refractivity contribution in [2.75, 3.05) is 6.54 Å². The number of pyridine rings is 1. The summed E-state index contributed by atoms with van der Waals surface area (Å²) < 4.78 is 1.27. The number of nitrogens with zero attached hydrogens (tertiary/aromatic N) is 2. The van der Waals surface area contributed by atoms with E-state index < -0.39 is 0 Å². The van der Waals surface area contributed by atoms with E-state index in [0.29, 0.717) is 5.92 Å². The first-order valence-corrected chi connectivity index (χ1v) is 7.51. The van der Waals surface area contributed by atoms with Crippen LogP contribution < -0.4 is 0 Å². The molecule has 3 heterocycles. The van der Waals surface area contributed by atoms with Crippen LogP contribution in [0, 0.1) is 0 Å². The Balaban J connectivity index is 1.69. The smallest absolute Gasteiger partial charge is 0.0526 e. The Morgan fingerprint density at radius 1 is 1.32 bits per heavy atom. The summed E-state index contributed by atoms with van der Waals surface area (Å²) in [5.74, 6) is 0.436. The van der Waals surface area contributed by atoms with Crippen LogP contribution in [0.5, 0.6) is 0 Å². The normalized spacial score (nSPS) is 22.0. The van der Waals surface area contributed by atoms with Crippen LogP contribution >= 0.6 is 11.3 Å². The molecule has 2 aromatic heterocycles. The maximum atomic E-state index is 4.74. The molecule has 0 spiro atoms. The first-order valence-electron chi connectivity index (χ1n) is 6.63. The molecule has 0 saturated carbocycles. The lowest BCUT2D eigenvalue weighted by Crippen LogP contribution is -2.18. The Morgan fingerprint density at radius 2 is 2.32 bits per heavy atom. The summed E-state index contributed by atoms with van der Waals surface area (Å²) in [5.41, 5.74) is 3.85. The van der Waals surface area contributed by atoms with Crippen molar-refractivity contribution in [1.82, 2.24) is 4.98 Å². The van der Waals surface area contributed by atoms with Gasteiger partial charge in [-0.15, -0.1) is 11.3 Å². The van der Waals surface area contributed by atoms with Crippen LogP contribution in [0.2, 0.25) is 0 Å². The fourth-order valence-corrected chi connectivity index (χ4v) is 3.54. The fraction of sp³-hybridized carbons (Fsp3) is 0.250. The minimum Gasteiger partial charge on any atom is -0.288 e. The van der Waals surface area contributed by atoms with Crippen molar-refractivity contribution in [2.45, 2.75) is 18.8 Å². The highest BCUT2D eigenvalue weighted by atomic mass is 32.1. The molecule has 2 nitrogen and oxygen atoms in total. The van der Waals surface area contributed by atoms with E-state index in [0.717, 1.165) is 19.4 Å². The molecule has 2 aliphatic rings. The van der Waals surface area contributed by atoms with Gasteiger partial charge in [0, 0.05) is 36.5 Å². The molecule has 0 saturated heterocycles. The van der Waals surface area contributed by atoms with Crippen LogP contribution in [0.25, 0.3) is 10.1 Å². The first kappa shape index (κ1) is 11.1. The Kier molecular flexibility index (Phi) is 2.59. The molecule has 0 N–H and O–H groups in total. The van der Waals surface area contributed by atoms with E-state index in [4.69, 9.17) is 4.99 Å². The Hall–Kier alpha value is -1.74. The van der Waals surface area contributed by atoms with Crippen molar-refractivity contribution < 1.29 is 0 Å². The molecule has 0 radical (unpaired) electrons. The number of allylic oxidation sites excluding steroid dienone is 4. The lowest BCUT2D eigenvalue weighted by atomic mass is 9.87. The third kappa shape index (κ3) is 1.94. The lowest BCUT2D eigenvalue weighted by Gasteiger charge is -2.24. The average molecular weight is 266 g/mol. The van der Waals surface area contributed by atoms with E-state index >= 15 is 0 Å². The molecule has 1 aliphatic heterocycles. The lowest BCUT2D eigenvalue weighted by molar-refractivity contribution is 0.661. The number of rotatable bonds is 1. The Morgan fingerprint density at radius 3 is 3.32 bits per heavy atom. The van der Waals surface area contributed by atoms with Gasteiger partial charge in [-0.1, -0.05) is 18.2 Å². The summed E-state index contributed by atoms with van der Waals surface area (Å²) in [4.78, 5) is 9.37. The second-order valence-electron chi connectivity index (χ2n) is 5.08. The summed E-state index contributed by atoms with van der Waals surface area (Å²) >= 11 is 1.75. The average Bonchev–Trinajstić information content (AvgIpc) is 2.94. The van der Waals surface area contributed by atoms with Crippen LogP contribution in [0.1, 0.15) is 24.5 Å². The van der Waals surface area contributed by atoms with Crippen molar-refractivity contribution in [2.24, 2.45) is 4.99 Å². The van der Waals surface area contributed by atoms with E-state index in [9.17, 15) is 0 Å². The number of hydrogen-bond acceptors (Lipinski definition) is 3. The van der Waals surface area contributed by atoms with E-state index in [-0.39, 0.29) is 0 Å². The zero-order valence-corrected chi connectivity index (χ0v) is 11.4. The third-order valence-corrected chi connectivity index (χ3v) is 4.73. The second-order valence-corrected chi connectivity index (χ2v) is 6.03. The predicted molar refractivity (Wildman–Crippen MR) is 81.1 cm³/mol. The molecule has 4 rings (SSSR count). The van der Waals surface area contributed by atoms with E-state index in [2.05, 4.69) is 40.7 Å². The van der Waals surface area contributed by atoms with Crippen molar-refractivity contribution in [3.8, 4) is 0 Å². The maximum Gasteiger partial charge on any atom is 0.0526 e. The quantitative estimate of drug-likeness (QED) is 0.762. The number of thiophene rings is 1. The molecule has 0 aromatic carbocycles. The summed E-state index contributed by atoms with van der Waals surface area (Å²) in [6, 6.07) is 4.40. The highest BCUT2D eigenvalue weighted by Gasteiger charge is 2.22. The molecule has 94 valence electrons. The van der Waals surface area contributed by atoms with Crippen LogP contribution in [-0.2, 0) is 0 Å². The van der Waals surface area contributed by atoms with Gasteiger partial charge in [0.1, 0.15) is 0 Å². The minimum absolute atomic E-state index is 0.436. The third-order valence-electron chi connectivity index (χ3n) is 3.86. The largest absolute Gasteiger partial charge is 0.288 e. The molecule has 0 bridgehead atoms. The summed E-state index contributed by atoms with van der Waals surface area (Å²) in [6.45, 7) is 0.878. The standard InChI is InChI=1S/C16H14N2S/c1-2-4-14-11(3-1)7-13(9-17-14)15-8-12-5-6-19-16(12)10-18-15/h1-3,5-6,8,10,13H,4,7,9H2. The highest BCUT2D eigenvalue weighted by molar-refractivity contribution is 7.17. The fourth-order valence-electron chi connectivity index (χ4n) is 2.80. The van der Waals surface area contributed by atoms with Gasteiger partial charge in [0.05, 0.1) is 4.70 Å². The van der Waals surface area contributed by atoms with Gasteiger partial charge in [0.15, 0.2) is 0 Å². The van der Waals surface area contributed by atoms with Crippen LogP contribution in [0.3, 0.4) is 0 Å². The maximum absolute atomic E-state index is 4.74. The molecule has 0 fully saturated rings. The number of aliphatic imine (C=N–C) groups is 1. The number of aromatic nitrogens is 1. The summed E-state index contributed by atoms with van der Waals surface area (Å²) in [6.07, 6.45) is 10.6. The van der Waals surface area contributed by atoms with Gasteiger partial charge < -0.3 is 0 Å². The Labute approximate surface area is 116 Å². The van der Waals surface area contributed by atoms with E-state index in [1.807, 2.05) is 6.20 Å². The summed E-state index contributed by atoms with van der Waals surface area (Å²) in [5, 5.41) is 3.43. The van der Waals surface area contributed by atoms with Gasteiger partial charge >= 0.3 is 0 Å². The molecule has 1 unspecified atom stereocenters. The second kappa shape index (κ2) is 4.42. The van der Waals surface area contributed by atoms with Crippen LogP contribution in [-0.4, -0.2) is 17.2 Å². The topological polar surface area (TPSA) is 25.2 Å². The van der Waals surface area contributed by atoms with Gasteiger partial charge in [0.2, 0.25) is 0 Å². The van der Waals surface area contributed by atoms with Crippen molar-refractivity contribution >= 4 is 27.1 Å². The van der Waals surface area contributed by atoms with Gasteiger partial charge in [0.25, 0.3) is 0 Å².